The summed E-state index contributed by atoms with van der Waals surface area (Å²) in [5, 5.41) is 0. The standard InChI is InChI=1S/C17H28N2O.ClH/c1-13(2)20-17-6-4-5-15(10-17)12-19-8-7-14(3)9-16(19)11-18;/h4-6,10,13-14,16H,7-9,11-12,18H2,1-3H3;1H. The number of hydrogen-bond donors (Lipinski definition) is 1. The van der Waals surface area contributed by atoms with E-state index in [-0.39, 0.29) is 18.5 Å². The molecule has 1 aliphatic rings. The Morgan fingerprint density at radius 3 is 2.81 bits per heavy atom. The van der Waals surface area contributed by atoms with Crippen LogP contribution in [-0.2, 0) is 6.54 Å². The zero-order valence-corrected chi connectivity index (χ0v) is 14.2. The second kappa shape index (κ2) is 8.62. The van der Waals surface area contributed by atoms with Crippen LogP contribution in [0.1, 0.15) is 39.2 Å². The number of hydrogen-bond acceptors (Lipinski definition) is 3. The fourth-order valence-electron chi connectivity index (χ4n) is 2.98. The molecule has 3 nitrogen and oxygen atoms in total. The van der Waals surface area contributed by atoms with Gasteiger partial charge in [-0.05, 0) is 56.8 Å². The van der Waals surface area contributed by atoms with Crippen molar-refractivity contribution in [3.8, 4) is 5.75 Å². The number of ether oxygens (including phenoxy) is 1. The Morgan fingerprint density at radius 1 is 1.38 bits per heavy atom. The predicted molar refractivity (Wildman–Crippen MR) is 91.1 cm³/mol. The lowest BCUT2D eigenvalue weighted by molar-refractivity contribution is 0.115. The van der Waals surface area contributed by atoms with E-state index >= 15 is 0 Å². The largest absolute Gasteiger partial charge is 0.491 e. The van der Waals surface area contributed by atoms with Gasteiger partial charge in [0.15, 0.2) is 0 Å². The van der Waals surface area contributed by atoms with Gasteiger partial charge in [0.25, 0.3) is 0 Å². The summed E-state index contributed by atoms with van der Waals surface area (Å²) in [6.07, 6.45) is 2.72. The summed E-state index contributed by atoms with van der Waals surface area (Å²) in [4.78, 5) is 2.52. The third kappa shape index (κ3) is 5.50. The normalized spacial score (nSPS) is 22.9. The van der Waals surface area contributed by atoms with Crippen molar-refractivity contribution in [1.29, 1.82) is 0 Å². The number of nitrogens with two attached hydrogens (primary N) is 1. The molecule has 0 aromatic heterocycles. The van der Waals surface area contributed by atoms with E-state index in [9.17, 15) is 0 Å². The van der Waals surface area contributed by atoms with Gasteiger partial charge >= 0.3 is 0 Å². The molecule has 1 fully saturated rings. The Bertz CT molecular complexity index is 425. The van der Waals surface area contributed by atoms with Crippen LogP contribution >= 0.6 is 12.4 Å². The molecule has 21 heavy (non-hydrogen) atoms. The van der Waals surface area contributed by atoms with Gasteiger partial charge in [-0.15, -0.1) is 12.4 Å². The Kier molecular flexibility index (Phi) is 7.50. The van der Waals surface area contributed by atoms with E-state index in [1.165, 1.54) is 18.4 Å². The molecule has 0 radical (unpaired) electrons. The molecule has 2 N–H and O–H groups in total. The average molecular weight is 313 g/mol. The van der Waals surface area contributed by atoms with Crippen LogP contribution < -0.4 is 10.5 Å². The molecule has 0 spiro atoms. The first-order chi connectivity index (χ1) is 9.58. The SMILES string of the molecule is CC1CCN(Cc2cccc(OC(C)C)c2)C(CN)C1.Cl. The van der Waals surface area contributed by atoms with E-state index in [4.69, 9.17) is 10.5 Å². The molecule has 120 valence electrons. The molecule has 0 bridgehead atoms. The quantitative estimate of drug-likeness (QED) is 0.905. The third-order valence-electron chi connectivity index (χ3n) is 4.03. The van der Waals surface area contributed by atoms with Gasteiger partial charge in [-0.25, -0.2) is 0 Å². The summed E-state index contributed by atoms with van der Waals surface area (Å²) in [6, 6.07) is 8.97. The summed E-state index contributed by atoms with van der Waals surface area (Å²) in [5.41, 5.74) is 7.25. The Morgan fingerprint density at radius 2 is 2.14 bits per heavy atom. The molecule has 0 amide bonds. The van der Waals surface area contributed by atoms with E-state index in [2.05, 4.69) is 43.9 Å². The van der Waals surface area contributed by atoms with Crippen LogP contribution in [0, 0.1) is 5.92 Å². The highest BCUT2D eigenvalue weighted by atomic mass is 35.5. The first-order valence-electron chi connectivity index (χ1n) is 7.78. The van der Waals surface area contributed by atoms with Crippen LogP contribution in [0.25, 0.3) is 0 Å². The van der Waals surface area contributed by atoms with Gasteiger partial charge in [0.1, 0.15) is 5.75 Å². The van der Waals surface area contributed by atoms with Crippen molar-refractivity contribution in [2.24, 2.45) is 11.7 Å². The topological polar surface area (TPSA) is 38.5 Å². The number of piperidine rings is 1. The van der Waals surface area contributed by atoms with E-state index in [1.54, 1.807) is 0 Å². The molecule has 1 saturated heterocycles. The van der Waals surface area contributed by atoms with Gasteiger partial charge < -0.3 is 10.5 Å². The van der Waals surface area contributed by atoms with Crippen LogP contribution in [0.2, 0.25) is 0 Å². The van der Waals surface area contributed by atoms with E-state index in [0.29, 0.717) is 6.04 Å². The minimum atomic E-state index is 0. The summed E-state index contributed by atoms with van der Waals surface area (Å²) >= 11 is 0. The van der Waals surface area contributed by atoms with E-state index < -0.39 is 0 Å². The highest BCUT2D eigenvalue weighted by Gasteiger charge is 2.25. The zero-order chi connectivity index (χ0) is 14.5. The van der Waals surface area contributed by atoms with Crippen molar-refractivity contribution in [3.05, 3.63) is 29.8 Å². The van der Waals surface area contributed by atoms with E-state index in [1.807, 2.05) is 6.07 Å². The lowest BCUT2D eigenvalue weighted by Gasteiger charge is -2.38. The zero-order valence-electron chi connectivity index (χ0n) is 13.4. The number of likely N-dealkylation sites (tertiary alicyclic amines) is 1. The molecule has 1 aromatic rings. The van der Waals surface area contributed by atoms with Crippen LogP contribution in [0.5, 0.6) is 5.75 Å². The summed E-state index contributed by atoms with van der Waals surface area (Å²) in [6.45, 7) is 9.33. The number of nitrogens with zero attached hydrogens (tertiary/aromatic N) is 1. The maximum absolute atomic E-state index is 5.94. The maximum atomic E-state index is 5.94. The van der Waals surface area contributed by atoms with Crippen LogP contribution in [0.4, 0.5) is 0 Å². The Hall–Kier alpha value is -0.770. The molecule has 1 heterocycles. The monoisotopic (exact) mass is 312 g/mol. The summed E-state index contributed by atoms with van der Waals surface area (Å²) < 4.78 is 5.77. The number of benzene rings is 1. The van der Waals surface area contributed by atoms with Gasteiger partial charge in [-0.2, -0.15) is 0 Å². The van der Waals surface area contributed by atoms with Crippen molar-refractivity contribution in [1.82, 2.24) is 4.90 Å². The fourth-order valence-corrected chi connectivity index (χ4v) is 2.98. The molecular weight excluding hydrogens is 284 g/mol. The second-order valence-electron chi connectivity index (χ2n) is 6.30. The van der Waals surface area contributed by atoms with Crippen molar-refractivity contribution in [2.75, 3.05) is 13.1 Å². The first kappa shape index (κ1) is 18.3. The molecule has 0 aliphatic carbocycles. The van der Waals surface area contributed by atoms with Crippen molar-refractivity contribution >= 4 is 12.4 Å². The highest BCUT2D eigenvalue weighted by Crippen LogP contribution is 2.24. The van der Waals surface area contributed by atoms with Crippen molar-refractivity contribution in [3.63, 3.8) is 0 Å². The van der Waals surface area contributed by atoms with Crippen molar-refractivity contribution in [2.45, 2.75) is 52.3 Å². The smallest absolute Gasteiger partial charge is 0.120 e. The Balaban J connectivity index is 0.00000220. The fraction of sp³-hybridized carbons (Fsp3) is 0.647. The first-order valence-corrected chi connectivity index (χ1v) is 7.78. The van der Waals surface area contributed by atoms with Crippen LogP contribution in [0.15, 0.2) is 24.3 Å². The van der Waals surface area contributed by atoms with Crippen LogP contribution in [0.3, 0.4) is 0 Å². The molecule has 1 aromatic carbocycles. The van der Waals surface area contributed by atoms with Gasteiger partial charge in [-0.3, -0.25) is 4.90 Å². The lowest BCUT2D eigenvalue weighted by atomic mass is 9.92. The van der Waals surface area contributed by atoms with Gasteiger partial charge in [0, 0.05) is 19.1 Å². The molecule has 4 heteroatoms. The highest BCUT2D eigenvalue weighted by molar-refractivity contribution is 5.85. The Labute approximate surface area is 135 Å². The van der Waals surface area contributed by atoms with Crippen LogP contribution in [-0.4, -0.2) is 30.1 Å². The third-order valence-corrected chi connectivity index (χ3v) is 4.03. The number of halogens is 1. The maximum Gasteiger partial charge on any atom is 0.120 e. The molecular formula is C17H29ClN2O. The molecule has 2 unspecified atom stereocenters. The van der Waals surface area contributed by atoms with Gasteiger partial charge in [-0.1, -0.05) is 19.1 Å². The predicted octanol–water partition coefficient (Wildman–Crippen LogP) is 3.45. The molecule has 0 saturated carbocycles. The lowest BCUT2D eigenvalue weighted by Crippen LogP contribution is -2.45. The molecule has 2 rings (SSSR count). The van der Waals surface area contributed by atoms with E-state index in [0.717, 1.165) is 31.3 Å². The molecule has 2 atom stereocenters. The minimum Gasteiger partial charge on any atom is -0.491 e. The van der Waals surface area contributed by atoms with Crippen molar-refractivity contribution < 1.29 is 4.74 Å². The van der Waals surface area contributed by atoms with Gasteiger partial charge in [0.05, 0.1) is 6.10 Å². The summed E-state index contributed by atoms with van der Waals surface area (Å²) in [7, 11) is 0. The molecule has 1 aliphatic heterocycles. The van der Waals surface area contributed by atoms with Gasteiger partial charge in [0.2, 0.25) is 0 Å². The number of rotatable bonds is 5. The summed E-state index contributed by atoms with van der Waals surface area (Å²) in [5.74, 6) is 1.77. The minimum absolute atomic E-state index is 0. The average Bonchev–Trinajstić information content (AvgIpc) is 2.40. The second-order valence-corrected chi connectivity index (χ2v) is 6.30.